The predicted octanol–water partition coefficient (Wildman–Crippen LogP) is 14.0. The Morgan fingerprint density at radius 1 is 0.208 bits per heavy atom. The van der Waals surface area contributed by atoms with Crippen LogP contribution >= 0.6 is 0 Å². The smallest absolute Gasteiger partial charge is 0.0704 e. The Morgan fingerprint density at radius 3 is 0.625 bits per heavy atom. The second-order valence-electron chi connectivity index (χ2n) is 35.3. The minimum Gasteiger partial charge on any atom is -0.379 e. The molecule has 20 bridgehead atoms. The first kappa shape index (κ1) is 76.6. The summed E-state index contributed by atoms with van der Waals surface area (Å²) in [4.78, 5) is 0. The molecule has 6 N–H and O–H groups in total. The fourth-order valence-corrected chi connectivity index (χ4v) is 24.0. The molecule has 0 aromatic heterocycles. The molecule has 20 unspecified atom stereocenters. The average Bonchev–Trinajstić information content (AvgIpc) is 0.845. The summed E-state index contributed by atoms with van der Waals surface area (Å²) in [6, 6.07) is 4.80. The zero-order chi connectivity index (χ0) is 66.6. The molecule has 20 atom stereocenters. The van der Waals surface area contributed by atoms with Gasteiger partial charge in [0.15, 0.2) is 0 Å². The Morgan fingerprint density at radius 2 is 0.427 bits per heavy atom. The van der Waals surface area contributed by atoms with Gasteiger partial charge >= 0.3 is 0 Å². The van der Waals surface area contributed by atoms with Crippen LogP contribution in [0.4, 0.5) is 0 Å². The molecule has 28 heterocycles. The van der Waals surface area contributed by atoms with Crippen molar-refractivity contribution >= 4 is 0 Å². The maximum Gasteiger partial charge on any atom is 0.0704 e. The molecule has 32 rings (SSSR count). The van der Waals surface area contributed by atoms with E-state index in [2.05, 4.69) is 87.3 Å². The molecule has 0 aromatic rings. The van der Waals surface area contributed by atoms with Crippen LogP contribution in [0.2, 0.25) is 0 Å². The van der Waals surface area contributed by atoms with E-state index >= 15 is 0 Å². The van der Waals surface area contributed by atoms with E-state index in [1.165, 1.54) is 193 Å². The first-order chi connectivity index (χ1) is 46.9. The van der Waals surface area contributed by atoms with E-state index in [4.69, 9.17) is 37.9 Å². The fourth-order valence-electron chi connectivity index (χ4n) is 24.0. The Labute approximate surface area is 587 Å². The van der Waals surface area contributed by atoms with E-state index < -0.39 is 0 Å². The van der Waals surface area contributed by atoms with Crippen molar-refractivity contribution in [3.63, 3.8) is 0 Å². The molecule has 0 radical (unpaired) electrons. The van der Waals surface area contributed by atoms with Gasteiger partial charge in [-0.1, -0.05) is 93.9 Å². The lowest BCUT2D eigenvalue weighted by Crippen LogP contribution is -2.62. The number of nitrogens with one attached hydrogen (secondary N) is 6. The summed E-state index contributed by atoms with van der Waals surface area (Å²) in [5, 5.41) is 25.2. The molecular formula is C82H150N6O8. The highest BCUT2D eigenvalue weighted by Crippen LogP contribution is 2.48. The number of hydrogen-bond donors (Lipinski definition) is 6. The van der Waals surface area contributed by atoms with Gasteiger partial charge in [0.05, 0.1) is 77.3 Å². The highest BCUT2D eigenvalue weighted by atomic mass is 16.5. The second-order valence-corrected chi connectivity index (χ2v) is 35.3. The number of ether oxygens (including phenoxy) is 8. The Balaban J connectivity index is 0.582. The van der Waals surface area contributed by atoms with E-state index in [0.717, 1.165) is 126 Å². The quantitative estimate of drug-likeness (QED) is 0.137. The summed E-state index contributed by atoms with van der Waals surface area (Å²) < 4.78 is 50.5. The van der Waals surface area contributed by atoms with Crippen LogP contribution < -0.4 is 31.9 Å². The van der Waals surface area contributed by atoms with Crippen LogP contribution in [0.3, 0.4) is 0 Å². The standard InChI is InChI=1S/C82H150N6O8/c1-55-43-67-44-56(2)79(55)63-23-27-71(83-51-63)75-19-17-20-76(87-75)72-28-24-64(52-84-72)80-57(3)45-68(46-58(80)4)95-41-37-91-33-15-11-12-16-34-92-38-42-96-70-49-61(7)82(62(8)50-70)66-26-30-74(86-54-66)78-22-18-21-77(88-78)73-29-25-65(53-85-73)81-59(5)47-69(48-60(81)6)94-40-36-90-32-14-10-9-13-31-89-35-39-93-67/h55-88H,9-54H2,1-8H3. The second kappa shape index (κ2) is 40.1. The van der Waals surface area contributed by atoms with Crippen molar-refractivity contribution in [3.8, 4) is 0 Å². The van der Waals surface area contributed by atoms with E-state index in [1.807, 2.05) is 0 Å². The summed E-state index contributed by atoms with van der Waals surface area (Å²) in [5.74, 6) is 11.9. The topological polar surface area (TPSA) is 146 Å². The first-order valence-electron chi connectivity index (χ1n) is 42.1. The van der Waals surface area contributed by atoms with Crippen molar-refractivity contribution in [2.45, 2.75) is 321 Å². The molecule has 14 heteroatoms. The molecule has 556 valence electrons. The van der Waals surface area contributed by atoms with Gasteiger partial charge in [-0.05, 0) is 275 Å². The molecule has 28 saturated heterocycles. The van der Waals surface area contributed by atoms with E-state index in [1.54, 1.807) is 0 Å². The van der Waals surface area contributed by atoms with Gasteiger partial charge in [-0.3, -0.25) is 0 Å². The number of rotatable bonds is 0. The Bertz CT molecular complexity index is 1770. The molecule has 4 saturated carbocycles. The summed E-state index contributed by atoms with van der Waals surface area (Å²) >= 11 is 0. The lowest BCUT2D eigenvalue weighted by molar-refractivity contribution is -0.0565. The normalized spacial score (nSPS) is 46.8. The molecular weight excluding hydrogens is 1200 g/mol. The van der Waals surface area contributed by atoms with E-state index in [9.17, 15) is 0 Å². The summed E-state index contributed by atoms with van der Waals surface area (Å²) in [5.41, 5.74) is 0. The van der Waals surface area contributed by atoms with Crippen LogP contribution in [0.5, 0.6) is 0 Å². The fraction of sp³-hybridized carbons (Fsp3) is 1.00. The monoisotopic (exact) mass is 1350 g/mol. The number of hydrogen-bond acceptors (Lipinski definition) is 14. The summed E-state index contributed by atoms with van der Waals surface area (Å²) in [6.07, 6.45) is 39.0. The van der Waals surface area contributed by atoms with Crippen molar-refractivity contribution in [3.05, 3.63) is 0 Å². The minimum absolute atomic E-state index is 0.369. The largest absolute Gasteiger partial charge is 0.379 e. The highest BCUT2D eigenvalue weighted by Gasteiger charge is 2.47. The van der Waals surface area contributed by atoms with Gasteiger partial charge in [-0.25, -0.2) is 0 Å². The van der Waals surface area contributed by atoms with Crippen LogP contribution in [0.1, 0.15) is 248 Å². The molecule has 28 aliphatic heterocycles. The number of piperidine rings is 6. The molecule has 32 fully saturated rings. The van der Waals surface area contributed by atoms with Crippen LogP contribution in [0.15, 0.2) is 0 Å². The molecule has 96 heavy (non-hydrogen) atoms. The van der Waals surface area contributed by atoms with Gasteiger partial charge in [0, 0.05) is 74.8 Å². The average molecular weight is 1350 g/mol. The highest BCUT2D eigenvalue weighted by molar-refractivity contribution is 5.03. The van der Waals surface area contributed by atoms with Crippen molar-refractivity contribution in [2.75, 3.05) is 105 Å². The molecule has 32 aliphatic rings. The SMILES string of the molecule is CC1CC2CC(C)C1C1CCC(NC1)C1CCCC(N1)C1CCC(CN1)C1C(C)CC(CC1C)OCCOCCCCCCOCCOC1CC(C)C(C(C)C1)C1CCC(NC1)C1CCCC(N1)C1CCC(CN1)C1C(C)CC(CC1C)OCCOCCCCCCOCCO2. The lowest BCUT2D eigenvalue weighted by atomic mass is 9.64. The molecule has 0 aromatic carbocycles. The third-order valence-electron chi connectivity index (χ3n) is 28.3. The van der Waals surface area contributed by atoms with Crippen LogP contribution in [-0.2, 0) is 37.9 Å². The zero-order valence-electron chi connectivity index (χ0n) is 63.0. The van der Waals surface area contributed by atoms with Crippen molar-refractivity contribution in [2.24, 2.45) is 94.7 Å². The maximum absolute atomic E-state index is 6.53. The predicted molar refractivity (Wildman–Crippen MR) is 391 cm³/mol. The summed E-state index contributed by atoms with van der Waals surface area (Å²) in [7, 11) is 0. The maximum atomic E-state index is 6.53. The van der Waals surface area contributed by atoms with Crippen LogP contribution in [0, 0.1) is 94.7 Å². The zero-order valence-corrected chi connectivity index (χ0v) is 63.0. The Kier molecular flexibility index (Phi) is 32.0. The van der Waals surface area contributed by atoms with Gasteiger partial charge in [-0.15, -0.1) is 0 Å². The first-order valence-corrected chi connectivity index (χ1v) is 42.1. The van der Waals surface area contributed by atoms with Crippen molar-refractivity contribution in [1.29, 1.82) is 0 Å². The third-order valence-corrected chi connectivity index (χ3v) is 28.3. The van der Waals surface area contributed by atoms with Gasteiger partial charge in [-0.2, -0.15) is 0 Å². The van der Waals surface area contributed by atoms with Gasteiger partial charge in [0.2, 0.25) is 0 Å². The van der Waals surface area contributed by atoms with Crippen molar-refractivity contribution < 1.29 is 37.9 Å². The summed E-state index contributed by atoms with van der Waals surface area (Å²) in [6.45, 7) is 34.0. The molecule has 0 spiro atoms. The van der Waals surface area contributed by atoms with Crippen LogP contribution in [0.25, 0.3) is 0 Å². The van der Waals surface area contributed by atoms with Gasteiger partial charge < -0.3 is 69.8 Å². The molecule has 0 amide bonds. The molecule has 4 aliphatic carbocycles. The Hall–Kier alpha value is -0.560. The van der Waals surface area contributed by atoms with Crippen LogP contribution in [-0.4, -0.2) is 178 Å². The lowest BCUT2D eigenvalue weighted by Gasteiger charge is -2.48. The van der Waals surface area contributed by atoms with Crippen molar-refractivity contribution in [1.82, 2.24) is 31.9 Å². The third kappa shape index (κ3) is 22.2. The van der Waals surface area contributed by atoms with Gasteiger partial charge in [0.25, 0.3) is 0 Å². The van der Waals surface area contributed by atoms with E-state index in [0.29, 0.717) is 147 Å². The minimum atomic E-state index is 0.369. The van der Waals surface area contributed by atoms with E-state index in [-0.39, 0.29) is 0 Å². The molecule has 14 nitrogen and oxygen atoms in total. The van der Waals surface area contributed by atoms with Gasteiger partial charge in [0.1, 0.15) is 0 Å².